The number of aromatic amines is 2. The zero-order valence-electron chi connectivity index (χ0n) is 8.95. The third-order valence-corrected chi connectivity index (χ3v) is 2.25. The number of carbonyl (C=O) groups excluding carboxylic acids is 1. The van der Waals surface area contributed by atoms with Gasteiger partial charge in [0.25, 0.3) is 0 Å². The number of rotatable bonds is 2. The van der Waals surface area contributed by atoms with Crippen LogP contribution < -0.4 is 9.47 Å². The lowest BCUT2D eigenvalue weighted by Crippen LogP contribution is -2.14. The molecule has 0 spiro atoms. The fourth-order valence-electron chi connectivity index (χ4n) is 1.51. The number of ether oxygens (including phenoxy) is 2. The van der Waals surface area contributed by atoms with Gasteiger partial charge in [0.05, 0.1) is 0 Å². The number of fused-ring (bicyclic) bond motifs is 1. The van der Waals surface area contributed by atoms with Crippen molar-refractivity contribution in [3.8, 4) is 11.8 Å². The van der Waals surface area contributed by atoms with Crippen molar-refractivity contribution >= 4 is 17.1 Å². The highest BCUT2D eigenvalue weighted by Gasteiger charge is 2.13. The minimum Gasteiger partial charge on any atom is -0.392 e. The predicted molar refractivity (Wildman–Crippen MR) is 59.1 cm³/mol. The van der Waals surface area contributed by atoms with Gasteiger partial charge in [-0.25, -0.2) is 9.89 Å². The predicted octanol–water partition coefficient (Wildman–Crippen LogP) is 1.26. The Bertz CT molecular complexity index is 676. The normalized spacial score (nSPS) is 10.4. The molecule has 0 unspecified atom stereocenters. The molecule has 3 aromatic rings. The fraction of sp³-hybridized carbons (Fsp3) is 0. The standard InChI is InChI=1S/C10H7N5O3/c16-10(18-9-12-14-15-13-9)17-8-5-11-7-4-2-1-3-6(7)8/h1-5,11H,(H,12,13,14,15). The van der Waals surface area contributed by atoms with E-state index in [9.17, 15) is 4.79 Å². The van der Waals surface area contributed by atoms with Crippen molar-refractivity contribution in [3.05, 3.63) is 30.5 Å². The Labute approximate surface area is 99.9 Å². The second-order valence-electron chi connectivity index (χ2n) is 3.36. The number of nitrogens with one attached hydrogen (secondary N) is 2. The molecule has 0 aliphatic heterocycles. The summed E-state index contributed by atoms with van der Waals surface area (Å²) < 4.78 is 9.74. The van der Waals surface area contributed by atoms with Gasteiger partial charge in [0.2, 0.25) is 0 Å². The third-order valence-electron chi connectivity index (χ3n) is 2.25. The molecule has 0 saturated heterocycles. The molecular formula is C10H7N5O3. The van der Waals surface area contributed by atoms with Gasteiger partial charge < -0.3 is 14.5 Å². The van der Waals surface area contributed by atoms with Gasteiger partial charge in [0.15, 0.2) is 5.75 Å². The Hall–Kier alpha value is -2.90. The number of hydrogen-bond acceptors (Lipinski definition) is 6. The van der Waals surface area contributed by atoms with Gasteiger partial charge in [0, 0.05) is 17.1 Å². The van der Waals surface area contributed by atoms with Crippen LogP contribution in [0.3, 0.4) is 0 Å². The van der Waals surface area contributed by atoms with Gasteiger partial charge >= 0.3 is 12.2 Å². The van der Waals surface area contributed by atoms with Crippen molar-refractivity contribution in [2.75, 3.05) is 0 Å². The number of para-hydroxylation sites is 1. The van der Waals surface area contributed by atoms with E-state index in [4.69, 9.17) is 9.47 Å². The first-order valence-electron chi connectivity index (χ1n) is 5.02. The lowest BCUT2D eigenvalue weighted by molar-refractivity contribution is 0.148. The van der Waals surface area contributed by atoms with E-state index in [0.29, 0.717) is 5.75 Å². The number of aromatic nitrogens is 5. The molecule has 2 aromatic heterocycles. The average molecular weight is 245 g/mol. The number of hydrogen-bond donors (Lipinski definition) is 2. The molecule has 0 atom stereocenters. The zero-order valence-corrected chi connectivity index (χ0v) is 8.95. The van der Waals surface area contributed by atoms with Crippen molar-refractivity contribution in [1.82, 2.24) is 25.6 Å². The van der Waals surface area contributed by atoms with Crippen molar-refractivity contribution in [2.24, 2.45) is 0 Å². The van der Waals surface area contributed by atoms with E-state index in [1.54, 1.807) is 6.20 Å². The molecule has 0 radical (unpaired) electrons. The Morgan fingerprint density at radius 2 is 2.11 bits per heavy atom. The van der Waals surface area contributed by atoms with Crippen LogP contribution in [-0.2, 0) is 0 Å². The first-order chi connectivity index (χ1) is 8.83. The van der Waals surface area contributed by atoms with Crippen molar-refractivity contribution in [3.63, 3.8) is 0 Å². The van der Waals surface area contributed by atoms with Gasteiger partial charge in [-0.3, -0.25) is 0 Å². The van der Waals surface area contributed by atoms with Crippen LogP contribution in [0.1, 0.15) is 0 Å². The van der Waals surface area contributed by atoms with Crippen LogP contribution in [0.25, 0.3) is 10.9 Å². The number of nitrogens with zero attached hydrogens (tertiary/aromatic N) is 3. The van der Waals surface area contributed by atoms with E-state index in [1.165, 1.54) is 0 Å². The van der Waals surface area contributed by atoms with Gasteiger partial charge in [-0.2, -0.15) is 0 Å². The lowest BCUT2D eigenvalue weighted by atomic mass is 10.2. The Morgan fingerprint density at radius 1 is 1.22 bits per heavy atom. The summed E-state index contributed by atoms with van der Waals surface area (Å²) >= 11 is 0. The molecule has 0 aliphatic rings. The minimum absolute atomic E-state index is 0.125. The summed E-state index contributed by atoms with van der Waals surface area (Å²) in [5.74, 6) is 0.378. The number of benzene rings is 1. The maximum absolute atomic E-state index is 11.4. The highest BCUT2D eigenvalue weighted by atomic mass is 16.7. The molecule has 0 aliphatic carbocycles. The first kappa shape index (κ1) is 10.3. The number of carbonyl (C=O) groups is 1. The molecule has 2 N–H and O–H groups in total. The average Bonchev–Trinajstić information content (AvgIpc) is 3.00. The van der Waals surface area contributed by atoms with E-state index in [0.717, 1.165) is 10.9 Å². The minimum atomic E-state index is -0.918. The van der Waals surface area contributed by atoms with E-state index >= 15 is 0 Å². The second-order valence-corrected chi connectivity index (χ2v) is 3.36. The molecule has 2 heterocycles. The van der Waals surface area contributed by atoms with E-state index in [1.807, 2.05) is 24.3 Å². The topological polar surface area (TPSA) is 106 Å². The Balaban J connectivity index is 1.78. The summed E-state index contributed by atoms with van der Waals surface area (Å²) in [4.78, 5) is 14.4. The van der Waals surface area contributed by atoms with E-state index < -0.39 is 6.16 Å². The maximum Gasteiger partial charge on any atom is 0.522 e. The van der Waals surface area contributed by atoms with Gasteiger partial charge in [0.1, 0.15) is 0 Å². The second kappa shape index (κ2) is 4.17. The summed E-state index contributed by atoms with van der Waals surface area (Å²) in [6, 6.07) is 7.29. The number of tetrazole rings is 1. The smallest absolute Gasteiger partial charge is 0.392 e. The summed E-state index contributed by atoms with van der Waals surface area (Å²) in [6.45, 7) is 0. The molecule has 18 heavy (non-hydrogen) atoms. The number of H-pyrrole nitrogens is 2. The summed E-state index contributed by atoms with van der Waals surface area (Å²) in [5.41, 5.74) is 0.863. The molecule has 0 bridgehead atoms. The SMILES string of the molecule is O=C(Oc1nnn[nH]1)Oc1c[nH]c2ccccc12. The van der Waals surface area contributed by atoms with Crippen LogP contribution in [-0.4, -0.2) is 31.8 Å². The monoisotopic (exact) mass is 245 g/mol. The molecule has 1 aromatic carbocycles. The molecule has 8 heteroatoms. The molecule has 0 fully saturated rings. The molecule has 0 amide bonds. The van der Waals surface area contributed by atoms with Crippen molar-refractivity contribution < 1.29 is 14.3 Å². The lowest BCUT2D eigenvalue weighted by Gasteiger charge is -2.00. The molecule has 0 saturated carbocycles. The molecular weight excluding hydrogens is 238 g/mol. The quantitative estimate of drug-likeness (QED) is 0.658. The maximum atomic E-state index is 11.4. The Kier molecular flexibility index (Phi) is 2.38. The van der Waals surface area contributed by atoms with E-state index in [-0.39, 0.29) is 6.01 Å². The van der Waals surface area contributed by atoms with Crippen molar-refractivity contribution in [2.45, 2.75) is 0 Å². The highest BCUT2D eigenvalue weighted by molar-refractivity contribution is 5.87. The van der Waals surface area contributed by atoms with Gasteiger partial charge in [-0.15, -0.1) is 0 Å². The summed E-state index contributed by atoms with van der Waals surface area (Å²) in [7, 11) is 0. The molecule has 3 rings (SSSR count). The zero-order chi connectivity index (χ0) is 12.4. The highest BCUT2D eigenvalue weighted by Crippen LogP contribution is 2.25. The van der Waals surface area contributed by atoms with Crippen molar-refractivity contribution in [1.29, 1.82) is 0 Å². The third kappa shape index (κ3) is 1.86. The van der Waals surface area contributed by atoms with Crippen LogP contribution in [0.15, 0.2) is 30.5 Å². The van der Waals surface area contributed by atoms with E-state index in [2.05, 4.69) is 25.6 Å². The largest absolute Gasteiger partial charge is 0.522 e. The van der Waals surface area contributed by atoms with Crippen LogP contribution in [0.2, 0.25) is 0 Å². The first-order valence-corrected chi connectivity index (χ1v) is 5.02. The Morgan fingerprint density at radius 3 is 2.94 bits per heavy atom. The van der Waals surface area contributed by atoms with Crippen LogP contribution in [0, 0.1) is 0 Å². The van der Waals surface area contributed by atoms with Crippen LogP contribution in [0.5, 0.6) is 11.8 Å². The summed E-state index contributed by atoms with van der Waals surface area (Å²) in [6.07, 6.45) is 0.656. The molecule has 8 nitrogen and oxygen atoms in total. The summed E-state index contributed by atoms with van der Waals surface area (Å²) in [5, 5.41) is 13.0. The molecule has 90 valence electrons. The fourth-order valence-corrected chi connectivity index (χ4v) is 1.51. The van der Waals surface area contributed by atoms with Crippen LogP contribution in [0.4, 0.5) is 4.79 Å². The van der Waals surface area contributed by atoms with Gasteiger partial charge in [-0.1, -0.05) is 17.2 Å². The van der Waals surface area contributed by atoms with Gasteiger partial charge in [-0.05, 0) is 22.6 Å². The van der Waals surface area contributed by atoms with Crippen LogP contribution >= 0.6 is 0 Å².